The van der Waals surface area contributed by atoms with Crippen LogP contribution >= 0.6 is 0 Å². The molecule has 0 aromatic heterocycles. The number of ether oxygens (including phenoxy) is 6. The quantitative estimate of drug-likeness (QED) is 0.210. The fourth-order valence-electron chi connectivity index (χ4n) is 2.72. The molecule has 0 fully saturated rings. The highest BCUT2D eigenvalue weighted by atomic mass is 16.7. The Morgan fingerprint density at radius 3 is 1.81 bits per heavy atom. The van der Waals surface area contributed by atoms with Crippen molar-refractivity contribution < 1.29 is 47.6 Å². The normalized spacial score (nSPS) is 13.9. The second kappa shape index (κ2) is 16.4. The zero-order valence-electron chi connectivity index (χ0n) is 22.4. The minimum Gasteiger partial charge on any atom is -0.459 e. The number of carbonyl (C=O) groups is 4. The summed E-state index contributed by atoms with van der Waals surface area (Å²) in [4.78, 5) is 48.4. The van der Waals surface area contributed by atoms with Crippen molar-refractivity contribution >= 4 is 24.2 Å². The molecule has 2 N–H and O–H groups in total. The summed E-state index contributed by atoms with van der Waals surface area (Å²) in [6.45, 7) is 10.8. The first-order valence-electron chi connectivity index (χ1n) is 12.5. The van der Waals surface area contributed by atoms with Crippen LogP contribution in [0.25, 0.3) is 0 Å². The fraction of sp³-hybridized carbons (Fsp3) is 0.615. The van der Waals surface area contributed by atoms with Crippen molar-refractivity contribution in [3.05, 3.63) is 23.8 Å². The molecule has 11 nitrogen and oxygen atoms in total. The molecule has 0 radical (unpaired) electrons. The Morgan fingerprint density at radius 2 is 1.30 bits per heavy atom. The molecule has 1 aromatic carbocycles. The van der Waals surface area contributed by atoms with Crippen molar-refractivity contribution in [1.29, 1.82) is 0 Å². The van der Waals surface area contributed by atoms with Gasteiger partial charge in [0.2, 0.25) is 0 Å². The molecule has 0 spiro atoms. The minimum absolute atomic E-state index is 0.0213. The van der Waals surface area contributed by atoms with E-state index in [0.29, 0.717) is 24.8 Å². The third-order valence-corrected chi connectivity index (χ3v) is 5.28. The second-order valence-corrected chi connectivity index (χ2v) is 8.59. The lowest BCUT2D eigenvalue weighted by molar-refractivity contribution is -0.168. The maximum atomic E-state index is 12.6. The number of rotatable bonds is 14. The average molecular weight is 526 g/mol. The third-order valence-electron chi connectivity index (χ3n) is 5.28. The average Bonchev–Trinajstić information content (AvgIpc) is 2.86. The predicted molar refractivity (Wildman–Crippen MR) is 133 cm³/mol. The molecule has 0 aliphatic heterocycles. The van der Waals surface area contributed by atoms with Gasteiger partial charge in [0.05, 0.1) is 19.1 Å². The summed E-state index contributed by atoms with van der Waals surface area (Å²) in [7, 11) is 0. The van der Waals surface area contributed by atoms with E-state index in [2.05, 4.69) is 0 Å². The molecule has 0 bridgehead atoms. The lowest BCUT2D eigenvalue weighted by Crippen LogP contribution is -2.40. The number of hydrogen-bond acceptors (Lipinski definition) is 11. The molecule has 1 rings (SSSR count). The number of hydrogen-bond donors (Lipinski definition) is 1. The van der Waals surface area contributed by atoms with Gasteiger partial charge in [-0.2, -0.15) is 0 Å². The van der Waals surface area contributed by atoms with Crippen LogP contribution in [0, 0.1) is 5.92 Å². The van der Waals surface area contributed by atoms with Crippen LogP contribution in [-0.4, -0.2) is 55.7 Å². The summed E-state index contributed by atoms with van der Waals surface area (Å²) < 4.78 is 30.9. The summed E-state index contributed by atoms with van der Waals surface area (Å²) in [5.74, 6) is -1.50. The van der Waals surface area contributed by atoms with E-state index in [9.17, 15) is 19.2 Å². The first kappa shape index (κ1) is 31.7. The van der Waals surface area contributed by atoms with Crippen molar-refractivity contribution in [2.75, 3.05) is 13.2 Å². The summed E-state index contributed by atoms with van der Waals surface area (Å²) >= 11 is 0. The van der Waals surface area contributed by atoms with Crippen LogP contribution in [-0.2, 0) is 35.0 Å². The monoisotopic (exact) mass is 525 g/mol. The van der Waals surface area contributed by atoms with E-state index in [-0.39, 0.29) is 43.0 Å². The zero-order valence-corrected chi connectivity index (χ0v) is 22.4. The van der Waals surface area contributed by atoms with E-state index >= 15 is 0 Å². The summed E-state index contributed by atoms with van der Waals surface area (Å²) in [6, 6.07) is 3.28. The molecule has 208 valence electrons. The molecule has 37 heavy (non-hydrogen) atoms. The Kier molecular flexibility index (Phi) is 14.1. The van der Waals surface area contributed by atoms with E-state index in [1.165, 1.54) is 12.1 Å². The van der Waals surface area contributed by atoms with Gasteiger partial charge >= 0.3 is 24.2 Å². The maximum Gasteiger partial charge on any atom is 0.513 e. The lowest BCUT2D eigenvalue weighted by Gasteiger charge is -2.23. The molecule has 2 unspecified atom stereocenters. The van der Waals surface area contributed by atoms with Gasteiger partial charge in [-0.3, -0.25) is 9.59 Å². The molecule has 11 heteroatoms. The lowest BCUT2D eigenvalue weighted by atomic mass is 10.1. The van der Waals surface area contributed by atoms with Crippen LogP contribution in [0.4, 0.5) is 9.59 Å². The van der Waals surface area contributed by atoms with Gasteiger partial charge < -0.3 is 34.2 Å². The molecular formula is C26H39NO10. The number of benzene rings is 1. The Balaban J connectivity index is 2.89. The van der Waals surface area contributed by atoms with E-state index in [0.717, 1.165) is 0 Å². The number of nitrogens with two attached hydrogens (primary N) is 1. The summed E-state index contributed by atoms with van der Waals surface area (Å²) in [5.41, 5.74) is 6.54. The smallest absolute Gasteiger partial charge is 0.459 e. The van der Waals surface area contributed by atoms with E-state index in [4.69, 9.17) is 34.2 Å². The van der Waals surface area contributed by atoms with Crippen LogP contribution in [0.1, 0.15) is 66.4 Å². The van der Waals surface area contributed by atoms with Crippen LogP contribution in [0.3, 0.4) is 0 Å². The Labute approximate surface area is 217 Å². The molecule has 0 saturated heterocycles. The van der Waals surface area contributed by atoms with Gasteiger partial charge in [0.1, 0.15) is 18.2 Å². The van der Waals surface area contributed by atoms with Gasteiger partial charge in [0, 0.05) is 0 Å². The second-order valence-electron chi connectivity index (χ2n) is 8.59. The van der Waals surface area contributed by atoms with E-state index in [1.807, 2.05) is 20.8 Å². The first-order chi connectivity index (χ1) is 17.5. The number of carbonyl (C=O) groups excluding carboxylic acids is 4. The molecule has 1 aromatic rings. The molecule has 4 atom stereocenters. The van der Waals surface area contributed by atoms with Gasteiger partial charge in [-0.15, -0.1) is 0 Å². The van der Waals surface area contributed by atoms with E-state index < -0.39 is 36.5 Å². The molecule has 0 saturated carbocycles. The fourth-order valence-corrected chi connectivity index (χ4v) is 2.72. The van der Waals surface area contributed by atoms with Crippen molar-refractivity contribution in [3.63, 3.8) is 0 Å². The highest BCUT2D eigenvalue weighted by Gasteiger charge is 2.26. The molecule has 0 amide bonds. The SMILES string of the molecule is CCCOC(=O)Oc1ccc(C[C@H](N)C(=O)O[C@@H](C)C(C)OC(=O)C(C)CC)cc1OC(=O)OCCC. The van der Waals surface area contributed by atoms with Crippen LogP contribution < -0.4 is 15.2 Å². The molecular weight excluding hydrogens is 486 g/mol. The molecule has 0 heterocycles. The van der Waals surface area contributed by atoms with Gasteiger partial charge in [-0.25, -0.2) is 9.59 Å². The largest absolute Gasteiger partial charge is 0.513 e. The standard InChI is InChI=1S/C26H39NO10/c1-7-12-32-25(30)36-21-11-10-19(15-22(21)37-26(31)33-13-8-2)14-20(27)24(29)35-18(6)17(5)34-23(28)16(4)9-3/h10-11,15-18,20H,7-9,12-14,27H2,1-6H3/t16?,17?,18-,20-/m0/s1. The Morgan fingerprint density at radius 1 is 0.784 bits per heavy atom. The molecule has 0 aliphatic rings. The van der Waals surface area contributed by atoms with Gasteiger partial charge in [0.15, 0.2) is 11.5 Å². The highest BCUT2D eigenvalue weighted by molar-refractivity contribution is 5.76. The van der Waals surface area contributed by atoms with Gasteiger partial charge in [-0.1, -0.05) is 33.8 Å². The van der Waals surface area contributed by atoms with E-state index in [1.54, 1.807) is 26.8 Å². The van der Waals surface area contributed by atoms with Gasteiger partial charge in [0.25, 0.3) is 0 Å². The maximum absolute atomic E-state index is 12.6. The highest BCUT2D eigenvalue weighted by Crippen LogP contribution is 2.30. The number of esters is 2. The minimum atomic E-state index is -1.07. The Bertz CT molecular complexity index is 903. The third kappa shape index (κ3) is 11.5. The van der Waals surface area contributed by atoms with Crippen LogP contribution in [0.5, 0.6) is 11.5 Å². The topological polar surface area (TPSA) is 150 Å². The predicted octanol–water partition coefficient (Wildman–Crippen LogP) is 4.32. The molecule has 0 aliphatic carbocycles. The Hall–Kier alpha value is -3.34. The van der Waals surface area contributed by atoms with Crippen LogP contribution in [0.15, 0.2) is 18.2 Å². The van der Waals surface area contributed by atoms with Crippen molar-refractivity contribution in [3.8, 4) is 11.5 Å². The van der Waals surface area contributed by atoms with Crippen molar-refractivity contribution in [2.45, 2.75) is 85.5 Å². The first-order valence-corrected chi connectivity index (χ1v) is 12.5. The van der Waals surface area contributed by atoms with Crippen molar-refractivity contribution in [1.82, 2.24) is 0 Å². The van der Waals surface area contributed by atoms with Crippen molar-refractivity contribution in [2.24, 2.45) is 11.7 Å². The summed E-state index contributed by atoms with van der Waals surface area (Å²) in [6.07, 6.45) is -1.47. The van der Waals surface area contributed by atoms with Crippen LogP contribution in [0.2, 0.25) is 0 Å². The summed E-state index contributed by atoms with van der Waals surface area (Å²) in [5, 5.41) is 0. The zero-order chi connectivity index (χ0) is 28.0. The van der Waals surface area contributed by atoms with Gasteiger partial charge in [-0.05, 0) is 57.2 Å².